The third-order valence-electron chi connectivity index (χ3n) is 3.02. The highest BCUT2D eigenvalue weighted by molar-refractivity contribution is 7.07. The summed E-state index contributed by atoms with van der Waals surface area (Å²) in [5.74, 6) is -0.287. The molecule has 3 rings (SSSR count). The Bertz CT molecular complexity index is 865. The van der Waals surface area contributed by atoms with Gasteiger partial charge in [-0.2, -0.15) is 5.10 Å². The molecule has 2 heterocycles. The SMILES string of the molecule is CN=c1scc(-c2ccccc2F)n1/N=C\c1ccccn1. The Labute approximate surface area is 130 Å². The number of aromatic nitrogens is 2. The van der Waals surface area contributed by atoms with Crippen molar-refractivity contribution in [2.75, 3.05) is 7.05 Å². The van der Waals surface area contributed by atoms with Gasteiger partial charge in [0.25, 0.3) is 0 Å². The Balaban J connectivity index is 2.10. The largest absolute Gasteiger partial charge is 0.261 e. The second kappa shape index (κ2) is 6.44. The van der Waals surface area contributed by atoms with Crippen molar-refractivity contribution in [3.05, 3.63) is 70.4 Å². The lowest BCUT2D eigenvalue weighted by Crippen LogP contribution is -2.12. The van der Waals surface area contributed by atoms with Crippen LogP contribution in [-0.2, 0) is 0 Å². The summed E-state index contributed by atoms with van der Waals surface area (Å²) in [7, 11) is 1.68. The molecule has 110 valence electrons. The lowest BCUT2D eigenvalue weighted by atomic mass is 10.1. The number of pyridine rings is 1. The van der Waals surface area contributed by atoms with Crippen LogP contribution in [0.25, 0.3) is 11.3 Å². The van der Waals surface area contributed by atoms with E-state index in [2.05, 4.69) is 15.1 Å². The first kappa shape index (κ1) is 14.3. The number of nitrogens with zero attached hydrogens (tertiary/aromatic N) is 4. The van der Waals surface area contributed by atoms with Crippen molar-refractivity contribution in [1.29, 1.82) is 0 Å². The Kier molecular flexibility index (Phi) is 4.20. The molecule has 0 unspecified atom stereocenters. The predicted molar refractivity (Wildman–Crippen MR) is 86.4 cm³/mol. The molecule has 0 aliphatic rings. The molecule has 0 spiro atoms. The fourth-order valence-corrected chi connectivity index (χ4v) is 2.78. The minimum absolute atomic E-state index is 0.287. The Morgan fingerprint density at radius 3 is 2.73 bits per heavy atom. The Morgan fingerprint density at radius 1 is 1.18 bits per heavy atom. The molecule has 2 aromatic heterocycles. The van der Waals surface area contributed by atoms with Gasteiger partial charge in [0, 0.05) is 24.2 Å². The molecule has 0 atom stereocenters. The summed E-state index contributed by atoms with van der Waals surface area (Å²) in [6, 6.07) is 12.2. The Hall–Kier alpha value is -2.60. The summed E-state index contributed by atoms with van der Waals surface area (Å²) in [4.78, 5) is 9.06. The first-order valence-electron chi connectivity index (χ1n) is 6.63. The summed E-state index contributed by atoms with van der Waals surface area (Å²) in [6.07, 6.45) is 3.33. The van der Waals surface area contributed by atoms with Gasteiger partial charge in [0.15, 0.2) is 0 Å². The molecule has 3 aromatic rings. The second-order valence-electron chi connectivity index (χ2n) is 4.42. The van der Waals surface area contributed by atoms with Gasteiger partial charge in [-0.3, -0.25) is 9.98 Å². The highest BCUT2D eigenvalue weighted by atomic mass is 32.1. The molecular formula is C16H13FN4S. The van der Waals surface area contributed by atoms with Gasteiger partial charge in [-0.25, -0.2) is 9.07 Å². The third-order valence-corrected chi connectivity index (χ3v) is 3.93. The maximum atomic E-state index is 14.0. The first-order chi connectivity index (χ1) is 10.8. The topological polar surface area (TPSA) is 42.5 Å². The zero-order valence-corrected chi connectivity index (χ0v) is 12.7. The van der Waals surface area contributed by atoms with Crippen molar-refractivity contribution in [1.82, 2.24) is 9.66 Å². The molecule has 4 nitrogen and oxygen atoms in total. The van der Waals surface area contributed by atoms with Gasteiger partial charge >= 0.3 is 0 Å². The van der Waals surface area contributed by atoms with Gasteiger partial charge < -0.3 is 0 Å². The lowest BCUT2D eigenvalue weighted by Gasteiger charge is -2.04. The average Bonchev–Trinajstić information content (AvgIpc) is 2.97. The van der Waals surface area contributed by atoms with E-state index in [0.717, 1.165) is 5.69 Å². The predicted octanol–water partition coefficient (Wildman–Crippen LogP) is 3.16. The zero-order chi connectivity index (χ0) is 15.4. The van der Waals surface area contributed by atoms with Crippen LogP contribution < -0.4 is 4.80 Å². The van der Waals surface area contributed by atoms with E-state index in [0.29, 0.717) is 16.1 Å². The van der Waals surface area contributed by atoms with Gasteiger partial charge in [0.1, 0.15) is 5.82 Å². The standard InChI is InChI=1S/C16H13FN4S/c1-18-16-21(20-10-12-6-4-5-9-19-12)15(11-22-16)13-7-2-3-8-14(13)17/h2-11H,1H3/b18-16?,20-10-. The fraction of sp³-hybridized carbons (Fsp3) is 0.0625. The van der Waals surface area contributed by atoms with Gasteiger partial charge in [-0.1, -0.05) is 18.2 Å². The van der Waals surface area contributed by atoms with E-state index < -0.39 is 0 Å². The van der Waals surface area contributed by atoms with E-state index in [1.807, 2.05) is 23.6 Å². The van der Waals surface area contributed by atoms with E-state index in [4.69, 9.17) is 0 Å². The second-order valence-corrected chi connectivity index (χ2v) is 5.25. The normalized spacial score (nSPS) is 12.2. The quantitative estimate of drug-likeness (QED) is 0.685. The number of hydrogen-bond donors (Lipinski definition) is 0. The molecule has 6 heteroatoms. The van der Waals surface area contributed by atoms with Gasteiger partial charge in [0.2, 0.25) is 4.80 Å². The number of hydrogen-bond acceptors (Lipinski definition) is 4. The van der Waals surface area contributed by atoms with E-state index >= 15 is 0 Å². The van der Waals surface area contributed by atoms with Crippen LogP contribution in [-0.4, -0.2) is 22.9 Å². The molecule has 0 aliphatic heterocycles. The van der Waals surface area contributed by atoms with E-state index in [-0.39, 0.29) is 5.82 Å². The number of benzene rings is 1. The van der Waals surface area contributed by atoms with Gasteiger partial charge in [-0.05, 0) is 24.3 Å². The molecule has 0 aliphatic carbocycles. The molecule has 0 saturated heterocycles. The minimum Gasteiger partial charge on any atom is -0.261 e. The highest BCUT2D eigenvalue weighted by Crippen LogP contribution is 2.23. The molecule has 0 saturated carbocycles. The molecule has 0 amide bonds. The van der Waals surface area contributed by atoms with E-state index in [1.165, 1.54) is 17.4 Å². The lowest BCUT2D eigenvalue weighted by molar-refractivity contribution is 0.629. The average molecular weight is 312 g/mol. The summed E-state index contributed by atoms with van der Waals surface area (Å²) < 4.78 is 15.7. The van der Waals surface area contributed by atoms with Crippen LogP contribution in [0, 0.1) is 5.82 Å². The molecule has 22 heavy (non-hydrogen) atoms. The fourth-order valence-electron chi connectivity index (χ4n) is 1.99. The molecule has 1 aromatic carbocycles. The van der Waals surface area contributed by atoms with Crippen LogP contribution in [0.15, 0.2) is 64.1 Å². The molecule has 0 bridgehead atoms. The summed E-state index contributed by atoms with van der Waals surface area (Å²) in [6.45, 7) is 0. The molecule has 0 radical (unpaired) electrons. The summed E-state index contributed by atoms with van der Waals surface area (Å²) >= 11 is 1.41. The van der Waals surface area contributed by atoms with Crippen molar-refractivity contribution >= 4 is 17.6 Å². The summed E-state index contributed by atoms with van der Waals surface area (Å²) in [5, 5.41) is 6.25. The van der Waals surface area contributed by atoms with Crippen LogP contribution in [0.4, 0.5) is 4.39 Å². The maximum absolute atomic E-state index is 14.0. The van der Waals surface area contributed by atoms with Crippen LogP contribution >= 0.6 is 11.3 Å². The van der Waals surface area contributed by atoms with Crippen molar-refractivity contribution in [3.63, 3.8) is 0 Å². The molecule has 0 N–H and O–H groups in total. The monoisotopic (exact) mass is 312 g/mol. The first-order valence-corrected chi connectivity index (χ1v) is 7.51. The number of rotatable bonds is 3. The van der Waals surface area contributed by atoms with E-state index in [1.54, 1.807) is 42.3 Å². The highest BCUT2D eigenvalue weighted by Gasteiger charge is 2.10. The maximum Gasteiger partial charge on any atom is 0.205 e. The van der Waals surface area contributed by atoms with Crippen LogP contribution in [0.5, 0.6) is 0 Å². The number of halogens is 1. The van der Waals surface area contributed by atoms with E-state index in [9.17, 15) is 4.39 Å². The van der Waals surface area contributed by atoms with Gasteiger partial charge in [0.05, 0.1) is 17.6 Å². The van der Waals surface area contributed by atoms with Crippen LogP contribution in [0.1, 0.15) is 5.69 Å². The third kappa shape index (κ3) is 2.87. The molecular weight excluding hydrogens is 299 g/mol. The smallest absolute Gasteiger partial charge is 0.205 e. The summed E-state index contributed by atoms with van der Waals surface area (Å²) in [5.41, 5.74) is 1.88. The minimum atomic E-state index is -0.287. The zero-order valence-electron chi connectivity index (χ0n) is 11.8. The Morgan fingerprint density at radius 2 is 2.00 bits per heavy atom. The van der Waals surface area contributed by atoms with Crippen molar-refractivity contribution in [2.45, 2.75) is 0 Å². The van der Waals surface area contributed by atoms with Gasteiger partial charge in [-0.15, -0.1) is 11.3 Å². The molecule has 0 fully saturated rings. The van der Waals surface area contributed by atoms with Crippen LogP contribution in [0.3, 0.4) is 0 Å². The van der Waals surface area contributed by atoms with Crippen molar-refractivity contribution in [2.24, 2.45) is 10.1 Å². The van der Waals surface area contributed by atoms with Crippen molar-refractivity contribution < 1.29 is 4.39 Å². The van der Waals surface area contributed by atoms with Crippen LogP contribution in [0.2, 0.25) is 0 Å². The number of thiazole rings is 1. The van der Waals surface area contributed by atoms with Crippen molar-refractivity contribution in [3.8, 4) is 11.3 Å².